The van der Waals surface area contributed by atoms with Crippen LogP contribution < -0.4 is 10.6 Å². The summed E-state index contributed by atoms with van der Waals surface area (Å²) in [6.45, 7) is 0.847. The van der Waals surface area contributed by atoms with Crippen LogP contribution in [0, 0.1) is 12.1 Å². The van der Waals surface area contributed by atoms with Crippen LogP contribution in [0.3, 0.4) is 0 Å². The molecular formula is C41H39F3N4O2. The Balaban J connectivity index is 1.06. The van der Waals surface area contributed by atoms with E-state index < -0.39 is 24.0 Å². The molecule has 7 rings (SSSR count). The van der Waals surface area contributed by atoms with E-state index in [2.05, 4.69) is 44.4 Å². The molecule has 9 heteroatoms. The number of unbranched alkanes of at least 4 members (excludes halogenated alkanes) is 1. The van der Waals surface area contributed by atoms with Gasteiger partial charge >= 0.3 is 6.18 Å². The third-order valence-electron chi connectivity index (χ3n) is 10.2. The first-order valence-corrected chi connectivity index (χ1v) is 17.3. The molecule has 2 aliphatic rings. The average molecular weight is 677 g/mol. The van der Waals surface area contributed by atoms with Crippen molar-refractivity contribution in [2.75, 3.05) is 18.4 Å². The molecule has 50 heavy (non-hydrogen) atoms. The summed E-state index contributed by atoms with van der Waals surface area (Å²) in [5.41, 5.74) is 4.51. The second-order valence-corrected chi connectivity index (χ2v) is 13.3. The molecule has 0 saturated carbocycles. The zero-order valence-electron chi connectivity index (χ0n) is 27.7. The topological polar surface area (TPSA) is 66.4 Å². The Hall–Kier alpha value is -5.07. The molecule has 1 fully saturated rings. The van der Waals surface area contributed by atoms with Gasteiger partial charge in [-0.25, -0.2) is 0 Å². The highest BCUT2D eigenvalue weighted by Crippen LogP contribution is 2.51. The molecule has 5 aromatic rings. The van der Waals surface area contributed by atoms with Crippen LogP contribution in [0.1, 0.15) is 55.2 Å². The maximum Gasteiger partial charge on any atom is 0.405 e. The number of nitrogens with zero attached hydrogens (tertiary/aromatic N) is 2. The van der Waals surface area contributed by atoms with E-state index >= 15 is 0 Å². The van der Waals surface area contributed by atoms with Gasteiger partial charge in [-0.1, -0.05) is 79.2 Å². The summed E-state index contributed by atoms with van der Waals surface area (Å²) < 4.78 is 41.9. The Morgan fingerprint density at radius 1 is 0.900 bits per heavy atom. The summed E-state index contributed by atoms with van der Waals surface area (Å²) in [7, 11) is 0. The fourth-order valence-corrected chi connectivity index (χ4v) is 7.83. The molecule has 0 spiro atoms. The molecule has 1 saturated heterocycles. The highest BCUT2D eigenvalue weighted by Gasteiger charge is 2.49. The standard InChI is InChI=1S/C41H39F3N4O2/c42-41(43,44)28-45-39(50)40(33-17-6-4-15-30(33)31-16-5-7-18-34(31)40)23-9-11-24-47-26-22-32-35(19-12-21-36(32)47)46-38(49)37-20-8-10-25-48(37)27-29-13-2-1-3-14-29/h1-6,12-17,19,21-22,26,37H,8-11,20,23-25,27-28H2,(H,45,50)(H,46,49). The number of benzene rings is 3. The second kappa shape index (κ2) is 14.0. The maximum atomic E-state index is 13.8. The van der Waals surface area contributed by atoms with E-state index in [4.69, 9.17) is 0 Å². The molecular weight excluding hydrogens is 637 g/mol. The predicted molar refractivity (Wildman–Crippen MR) is 188 cm³/mol. The number of halogens is 3. The lowest BCUT2D eigenvalue weighted by Crippen LogP contribution is -2.47. The minimum absolute atomic E-state index is 0.00107. The molecule has 2 atom stereocenters. The zero-order chi connectivity index (χ0) is 34.7. The van der Waals surface area contributed by atoms with Gasteiger partial charge in [-0.05, 0) is 91.2 Å². The van der Waals surface area contributed by atoms with Gasteiger partial charge in [-0.3, -0.25) is 14.5 Å². The van der Waals surface area contributed by atoms with Crippen molar-refractivity contribution < 1.29 is 22.8 Å². The molecule has 2 unspecified atom stereocenters. The van der Waals surface area contributed by atoms with E-state index in [9.17, 15) is 22.8 Å². The van der Waals surface area contributed by atoms with Crippen LogP contribution in [-0.2, 0) is 28.1 Å². The van der Waals surface area contributed by atoms with Gasteiger partial charge in [0.2, 0.25) is 11.8 Å². The van der Waals surface area contributed by atoms with Crippen molar-refractivity contribution in [2.45, 2.75) is 69.2 Å². The van der Waals surface area contributed by atoms with Gasteiger partial charge in [0.15, 0.2) is 0 Å². The van der Waals surface area contributed by atoms with Crippen LogP contribution >= 0.6 is 0 Å². The fraction of sp³-hybridized carbons (Fsp3) is 0.317. The molecule has 2 amide bonds. The van der Waals surface area contributed by atoms with Gasteiger partial charge in [0.05, 0.1) is 17.2 Å². The summed E-state index contributed by atoms with van der Waals surface area (Å²) in [5, 5.41) is 6.35. The average Bonchev–Trinajstić information content (AvgIpc) is 3.67. The summed E-state index contributed by atoms with van der Waals surface area (Å²) in [4.78, 5) is 29.7. The number of rotatable bonds is 11. The lowest BCUT2D eigenvalue weighted by Gasteiger charge is -2.34. The molecule has 1 aromatic heterocycles. The van der Waals surface area contributed by atoms with Crippen LogP contribution in [0.4, 0.5) is 18.9 Å². The first kappa shape index (κ1) is 33.4. The van der Waals surface area contributed by atoms with Gasteiger partial charge in [-0.2, -0.15) is 13.2 Å². The number of aryl methyl sites for hydroxylation is 1. The summed E-state index contributed by atoms with van der Waals surface area (Å²) in [6.07, 6.45) is 1.94. The number of nitrogens with one attached hydrogen (secondary N) is 2. The molecule has 0 radical (unpaired) electrons. The highest BCUT2D eigenvalue weighted by atomic mass is 19.4. The van der Waals surface area contributed by atoms with E-state index in [1.54, 1.807) is 6.07 Å². The largest absolute Gasteiger partial charge is 0.405 e. The number of hydrogen-bond acceptors (Lipinski definition) is 3. The number of aromatic nitrogens is 1. The minimum atomic E-state index is -4.53. The Kier molecular flexibility index (Phi) is 9.39. The van der Waals surface area contributed by atoms with E-state index in [1.807, 2.05) is 79.0 Å². The number of fused-ring (bicyclic) bond motifs is 4. The number of carbonyl (C=O) groups excluding carboxylic acids is 2. The molecule has 6 nitrogen and oxygen atoms in total. The van der Waals surface area contributed by atoms with E-state index in [-0.39, 0.29) is 11.9 Å². The van der Waals surface area contributed by atoms with Gasteiger partial charge in [-0.15, -0.1) is 0 Å². The minimum Gasteiger partial charge on any atom is -0.347 e. The van der Waals surface area contributed by atoms with E-state index in [1.165, 1.54) is 5.56 Å². The summed E-state index contributed by atoms with van der Waals surface area (Å²) >= 11 is 0. The molecule has 2 N–H and O–H groups in total. The molecule has 1 aliphatic carbocycles. The summed E-state index contributed by atoms with van der Waals surface area (Å²) in [6, 6.07) is 34.9. The van der Waals surface area contributed by atoms with Crippen molar-refractivity contribution >= 4 is 28.4 Å². The smallest absolute Gasteiger partial charge is 0.347 e. The van der Waals surface area contributed by atoms with Gasteiger partial charge in [0.1, 0.15) is 12.0 Å². The van der Waals surface area contributed by atoms with Crippen LogP contribution in [0.2, 0.25) is 0 Å². The van der Waals surface area contributed by atoms with E-state index in [0.717, 1.165) is 60.1 Å². The number of hydrogen-bond donors (Lipinski definition) is 2. The lowest BCUT2D eigenvalue weighted by atomic mass is 9.73. The third kappa shape index (κ3) is 6.60. The Morgan fingerprint density at radius 3 is 2.56 bits per heavy atom. The van der Waals surface area contributed by atoms with Crippen molar-refractivity contribution in [3.63, 3.8) is 0 Å². The number of piperidine rings is 1. The second-order valence-electron chi connectivity index (χ2n) is 13.3. The Morgan fingerprint density at radius 2 is 1.72 bits per heavy atom. The van der Waals surface area contributed by atoms with Crippen LogP contribution in [0.15, 0.2) is 97.2 Å². The number of likely N-dealkylation sites (tertiary alicyclic amines) is 1. The SMILES string of the molecule is O=C(Nc1cccc2c1ccn2CCCCC1(C(=O)NCC(F)(F)F)c2c#cccc2-c2ccccc21)C1CCCCN1Cc1ccccc1. The first-order valence-electron chi connectivity index (χ1n) is 17.3. The van der Waals surface area contributed by atoms with Gasteiger partial charge in [0, 0.05) is 30.2 Å². The van der Waals surface area contributed by atoms with Crippen molar-refractivity contribution in [1.29, 1.82) is 0 Å². The van der Waals surface area contributed by atoms with Gasteiger partial charge < -0.3 is 15.2 Å². The number of amides is 2. The predicted octanol–water partition coefficient (Wildman–Crippen LogP) is 8.05. The molecule has 1 aliphatic heterocycles. The van der Waals surface area contributed by atoms with Crippen LogP contribution in [-0.4, -0.2) is 46.6 Å². The fourth-order valence-electron chi connectivity index (χ4n) is 7.83. The Labute approximate surface area is 290 Å². The van der Waals surface area contributed by atoms with E-state index in [0.29, 0.717) is 36.9 Å². The maximum absolute atomic E-state index is 13.8. The molecule has 2 heterocycles. The van der Waals surface area contributed by atoms with Crippen LogP contribution in [0.25, 0.3) is 22.0 Å². The lowest BCUT2D eigenvalue weighted by molar-refractivity contribution is -0.141. The number of carbonyl (C=O) groups is 2. The normalized spacial score (nSPS) is 16.7. The Bertz CT molecular complexity index is 1940. The van der Waals surface area contributed by atoms with Crippen molar-refractivity contribution in [2.24, 2.45) is 0 Å². The van der Waals surface area contributed by atoms with Crippen molar-refractivity contribution in [3.05, 3.63) is 126 Å². The number of anilines is 1. The molecule has 4 aromatic carbocycles. The first-order chi connectivity index (χ1) is 24.2. The van der Waals surface area contributed by atoms with Crippen molar-refractivity contribution in [3.8, 4) is 11.1 Å². The van der Waals surface area contributed by atoms with Crippen LogP contribution in [0.5, 0.6) is 0 Å². The highest BCUT2D eigenvalue weighted by molar-refractivity contribution is 6.03. The summed E-state index contributed by atoms with van der Waals surface area (Å²) in [5.74, 6) is -0.676. The number of alkyl halides is 3. The van der Waals surface area contributed by atoms with Gasteiger partial charge in [0.25, 0.3) is 0 Å². The quantitative estimate of drug-likeness (QED) is 0.139. The monoisotopic (exact) mass is 676 g/mol. The zero-order valence-corrected chi connectivity index (χ0v) is 27.7. The third-order valence-corrected chi connectivity index (χ3v) is 10.2. The molecule has 0 bridgehead atoms. The molecule has 256 valence electrons. The van der Waals surface area contributed by atoms with Crippen molar-refractivity contribution in [1.82, 2.24) is 14.8 Å².